The molecule has 1 aromatic carbocycles. The molecule has 216 valence electrons. The molecule has 17 heteroatoms. The molecule has 3 aromatic rings. The highest BCUT2D eigenvalue weighted by atomic mass is 32.2. The molecule has 0 saturated carbocycles. The van der Waals surface area contributed by atoms with E-state index in [4.69, 9.17) is 0 Å². The van der Waals surface area contributed by atoms with Crippen LogP contribution in [0.4, 0.5) is 32.0 Å². The quantitative estimate of drug-likeness (QED) is 0.383. The molecule has 3 rings (SSSR count). The van der Waals surface area contributed by atoms with Gasteiger partial charge in [0.05, 0.1) is 28.7 Å². The molecule has 0 aliphatic carbocycles. The molecule has 10 nitrogen and oxygen atoms in total. The van der Waals surface area contributed by atoms with Crippen molar-refractivity contribution in [1.29, 1.82) is 0 Å². The van der Waals surface area contributed by atoms with Crippen LogP contribution < -0.4 is 10.6 Å². The number of hydrogen-bond donors (Lipinski definition) is 2. The van der Waals surface area contributed by atoms with Gasteiger partial charge in [-0.2, -0.15) is 31.3 Å². The number of carbonyl (C=O) groups excluding carboxylic acids is 2. The van der Waals surface area contributed by atoms with Crippen molar-refractivity contribution in [3.05, 3.63) is 64.3 Å². The predicted molar refractivity (Wildman–Crippen MR) is 131 cm³/mol. The van der Waals surface area contributed by atoms with Crippen molar-refractivity contribution in [2.24, 2.45) is 0 Å². The highest BCUT2D eigenvalue weighted by Crippen LogP contribution is 2.32. The third-order valence-corrected chi connectivity index (χ3v) is 6.32. The molecule has 0 saturated heterocycles. The largest absolute Gasteiger partial charge is 0.453 e. The number of hydrogen-bond acceptors (Lipinski definition) is 7. The highest BCUT2D eigenvalue weighted by molar-refractivity contribution is 7.84. The summed E-state index contributed by atoms with van der Waals surface area (Å²) in [7, 11) is -1.16. The van der Waals surface area contributed by atoms with E-state index < -0.39 is 59.2 Å². The number of halogens is 6. The van der Waals surface area contributed by atoms with Crippen LogP contribution in [0.2, 0.25) is 0 Å². The molecule has 0 radical (unpaired) electrons. The first-order valence-corrected chi connectivity index (χ1v) is 13.1. The lowest BCUT2D eigenvalue weighted by molar-refractivity contribution is -0.150. The van der Waals surface area contributed by atoms with Crippen LogP contribution in [0, 0.1) is 13.8 Å². The zero-order valence-electron chi connectivity index (χ0n) is 21.4. The van der Waals surface area contributed by atoms with E-state index in [0.717, 1.165) is 6.20 Å². The molecule has 0 aliphatic heterocycles. The molecule has 2 amide bonds. The number of aromatic nitrogens is 5. The van der Waals surface area contributed by atoms with E-state index in [1.165, 1.54) is 19.2 Å². The van der Waals surface area contributed by atoms with Gasteiger partial charge in [0.25, 0.3) is 17.6 Å². The first kappa shape index (κ1) is 30.6. The topological polar surface area (TPSA) is 132 Å². The Labute approximate surface area is 226 Å². The van der Waals surface area contributed by atoms with Crippen molar-refractivity contribution in [2.45, 2.75) is 45.7 Å². The predicted octanol–water partition coefficient (Wildman–Crippen LogP) is 3.52. The second kappa shape index (κ2) is 11.7. The van der Waals surface area contributed by atoms with Gasteiger partial charge in [0.15, 0.2) is 0 Å². The summed E-state index contributed by atoms with van der Waals surface area (Å²) in [6, 6.07) is 4.16. The fraction of sp³-hybridized carbons (Fsp3) is 0.391. The van der Waals surface area contributed by atoms with E-state index in [2.05, 4.69) is 30.7 Å². The first-order chi connectivity index (χ1) is 18.5. The molecule has 0 aliphatic rings. The molecule has 0 spiro atoms. The Morgan fingerprint density at radius 1 is 1.05 bits per heavy atom. The van der Waals surface area contributed by atoms with Gasteiger partial charge in [-0.05, 0) is 32.4 Å². The minimum Gasteiger partial charge on any atom is -0.349 e. The minimum absolute atomic E-state index is 0.00256. The summed E-state index contributed by atoms with van der Waals surface area (Å²) in [5.41, 5.74) is 0.700. The van der Waals surface area contributed by atoms with Crippen LogP contribution >= 0.6 is 0 Å². The van der Waals surface area contributed by atoms with E-state index >= 15 is 0 Å². The second-order valence-electron chi connectivity index (χ2n) is 8.76. The molecule has 2 heterocycles. The van der Waals surface area contributed by atoms with Crippen molar-refractivity contribution in [1.82, 2.24) is 30.0 Å². The maximum absolute atomic E-state index is 13.2. The van der Waals surface area contributed by atoms with E-state index in [1.807, 2.05) is 0 Å². The number of anilines is 1. The van der Waals surface area contributed by atoms with Gasteiger partial charge < -0.3 is 10.6 Å². The minimum atomic E-state index is -5.22. The molecular formula is C23H23F6N7O3S. The lowest BCUT2D eigenvalue weighted by Crippen LogP contribution is -2.37. The van der Waals surface area contributed by atoms with Crippen LogP contribution in [-0.2, 0) is 29.7 Å². The molecule has 0 fully saturated rings. The van der Waals surface area contributed by atoms with Crippen LogP contribution in [0.1, 0.15) is 56.4 Å². The lowest BCUT2D eigenvalue weighted by Gasteiger charge is -2.17. The van der Waals surface area contributed by atoms with Crippen LogP contribution in [0.5, 0.6) is 0 Å². The summed E-state index contributed by atoms with van der Waals surface area (Å²) >= 11 is 0. The fourth-order valence-electron chi connectivity index (χ4n) is 3.67. The lowest BCUT2D eigenvalue weighted by atomic mass is 10.00. The normalized spacial score (nSPS) is 13.6. The Morgan fingerprint density at radius 2 is 1.73 bits per heavy atom. The van der Waals surface area contributed by atoms with Gasteiger partial charge in [0, 0.05) is 28.9 Å². The Kier molecular flexibility index (Phi) is 8.96. The summed E-state index contributed by atoms with van der Waals surface area (Å²) < 4.78 is 89.8. The van der Waals surface area contributed by atoms with Gasteiger partial charge in [-0.15, -0.1) is 5.10 Å². The summed E-state index contributed by atoms with van der Waals surface area (Å²) in [5.74, 6) is -5.23. The molecule has 0 bridgehead atoms. The standard InChI is InChI=1S/C23H23F6N7O3S/c1-11-6-5-7-14(17(11)19(38)31-12(2)10-40(4)39)18(37)33-15-8-30-16(32-13(15)3)9-36-21(23(27,28)29)34-20(35-36)22(24,25)26/h5-8,12H,9-10H2,1-4H3,(H,31,38)(H,33,37)/t12-,40?/m0/s1. The number of rotatable bonds is 8. The van der Waals surface area contributed by atoms with Gasteiger partial charge in [-0.3, -0.25) is 13.8 Å². The van der Waals surface area contributed by atoms with Crippen LogP contribution in [0.3, 0.4) is 0 Å². The summed E-state index contributed by atoms with van der Waals surface area (Å²) in [5, 5.41) is 8.13. The van der Waals surface area contributed by atoms with E-state index in [-0.39, 0.29) is 38.8 Å². The number of amides is 2. The fourth-order valence-corrected chi connectivity index (χ4v) is 4.46. The third-order valence-electron chi connectivity index (χ3n) is 5.35. The number of alkyl halides is 6. The van der Waals surface area contributed by atoms with Crippen molar-refractivity contribution in [3.8, 4) is 0 Å². The smallest absolute Gasteiger partial charge is 0.349 e. The zero-order chi connectivity index (χ0) is 30.0. The third kappa shape index (κ3) is 7.40. The van der Waals surface area contributed by atoms with E-state index in [9.17, 15) is 40.1 Å². The van der Waals surface area contributed by atoms with Gasteiger partial charge in [-0.1, -0.05) is 12.1 Å². The number of nitrogens with one attached hydrogen (secondary N) is 2. The average Bonchev–Trinajstić information content (AvgIpc) is 3.25. The Bertz CT molecular complexity index is 1460. The summed E-state index contributed by atoms with van der Waals surface area (Å²) in [6.07, 6.45) is -7.86. The Hall–Kier alpha value is -3.89. The number of nitrogens with zero attached hydrogens (tertiary/aromatic N) is 5. The summed E-state index contributed by atoms with van der Waals surface area (Å²) in [6.45, 7) is 3.81. The summed E-state index contributed by atoms with van der Waals surface area (Å²) in [4.78, 5) is 36.4. The van der Waals surface area contributed by atoms with Gasteiger partial charge in [0.2, 0.25) is 5.82 Å². The number of carbonyl (C=O) groups is 2. The number of aryl methyl sites for hydroxylation is 2. The number of benzene rings is 1. The van der Waals surface area contributed by atoms with Crippen molar-refractivity contribution in [2.75, 3.05) is 17.3 Å². The van der Waals surface area contributed by atoms with Gasteiger partial charge in [0.1, 0.15) is 12.4 Å². The van der Waals surface area contributed by atoms with Crippen LogP contribution in [0.25, 0.3) is 0 Å². The van der Waals surface area contributed by atoms with Crippen molar-refractivity contribution >= 4 is 28.3 Å². The SMILES string of the molecule is Cc1cccc(C(=O)Nc2cnc(Cn3nc(C(F)(F)F)nc3C(F)(F)F)nc2C)c1C(=O)N[C@@H](C)CS(C)=O. The zero-order valence-corrected chi connectivity index (χ0v) is 22.3. The molecular weight excluding hydrogens is 568 g/mol. The second-order valence-corrected chi connectivity index (χ2v) is 10.2. The van der Waals surface area contributed by atoms with Crippen molar-refractivity contribution < 1.29 is 40.1 Å². The van der Waals surface area contributed by atoms with E-state index in [1.54, 1.807) is 26.0 Å². The molecule has 1 unspecified atom stereocenters. The molecule has 2 N–H and O–H groups in total. The van der Waals surface area contributed by atoms with Gasteiger partial charge >= 0.3 is 12.4 Å². The highest BCUT2D eigenvalue weighted by Gasteiger charge is 2.44. The first-order valence-electron chi connectivity index (χ1n) is 11.4. The van der Waals surface area contributed by atoms with Gasteiger partial charge in [-0.25, -0.2) is 14.6 Å². The Balaban J connectivity index is 1.84. The Morgan fingerprint density at radius 3 is 2.30 bits per heavy atom. The molecule has 2 aromatic heterocycles. The van der Waals surface area contributed by atoms with Crippen molar-refractivity contribution in [3.63, 3.8) is 0 Å². The van der Waals surface area contributed by atoms with E-state index in [0.29, 0.717) is 5.56 Å². The maximum atomic E-state index is 13.2. The monoisotopic (exact) mass is 591 g/mol. The maximum Gasteiger partial charge on any atom is 0.453 e. The van der Waals surface area contributed by atoms with Crippen LogP contribution in [0.15, 0.2) is 24.4 Å². The molecule has 2 atom stereocenters. The average molecular weight is 592 g/mol. The van der Waals surface area contributed by atoms with Crippen LogP contribution in [-0.4, -0.2) is 58.8 Å². The molecule has 40 heavy (non-hydrogen) atoms.